The molecule has 0 aliphatic carbocycles. The molecule has 2 rings (SSSR count). The molecule has 1 unspecified atom stereocenters. The first kappa shape index (κ1) is 11.6. The van der Waals surface area contributed by atoms with Crippen LogP contribution in [-0.4, -0.2) is 20.1 Å². The SMILES string of the molecule is CNC(c1cccc(C)c1)C1CCNCC1. The predicted molar refractivity (Wildman–Crippen MR) is 68.6 cm³/mol. The predicted octanol–water partition coefficient (Wildman–Crippen LogP) is 2.26. The molecule has 0 bridgehead atoms. The van der Waals surface area contributed by atoms with Crippen LogP contribution in [-0.2, 0) is 0 Å². The molecule has 2 N–H and O–H groups in total. The number of nitrogens with one attached hydrogen (secondary N) is 2. The second-order valence-corrected chi connectivity index (χ2v) is 4.77. The van der Waals surface area contributed by atoms with E-state index in [-0.39, 0.29) is 0 Å². The van der Waals surface area contributed by atoms with Crippen LogP contribution < -0.4 is 10.6 Å². The standard InChI is InChI=1S/C14H22N2/c1-11-4-3-5-13(10-11)14(15-2)12-6-8-16-9-7-12/h3-5,10,12,14-16H,6-9H2,1-2H3. The van der Waals surface area contributed by atoms with E-state index < -0.39 is 0 Å². The third-order valence-electron chi connectivity index (χ3n) is 3.57. The largest absolute Gasteiger partial charge is 0.317 e. The van der Waals surface area contributed by atoms with Gasteiger partial charge in [0.15, 0.2) is 0 Å². The van der Waals surface area contributed by atoms with E-state index >= 15 is 0 Å². The Hall–Kier alpha value is -0.860. The van der Waals surface area contributed by atoms with Crippen molar-refractivity contribution in [2.75, 3.05) is 20.1 Å². The summed E-state index contributed by atoms with van der Waals surface area (Å²) >= 11 is 0. The van der Waals surface area contributed by atoms with Crippen molar-refractivity contribution >= 4 is 0 Å². The maximum atomic E-state index is 3.49. The van der Waals surface area contributed by atoms with E-state index in [2.05, 4.69) is 48.9 Å². The zero-order valence-electron chi connectivity index (χ0n) is 10.3. The van der Waals surface area contributed by atoms with Crippen LogP contribution >= 0.6 is 0 Å². The third-order valence-corrected chi connectivity index (χ3v) is 3.57. The molecule has 1 saturated heterocycles. The number of hydrogen-bond acceptors (Lipinski definition) is 2. The molecule has 1 atom stereocenters. The van der Waals surface area contributed by atoms with Gasteiger partial charge in [-0.1, -0.05) is 29.8 Å². The van der Waals surface area contributed by atoms with Gasteiger partial charge in [-0.15, -0.1) is 0 Å². The fraction of sp³-hybridized carbons (Fsp3) is 0.571. The number of aryl methyl sites for hydroxylation is 1. The maximum absolute atomic E-state index is 3.49. The molecule has 1 aromatic carbocycles. The molecule has 88 valence electrons. The Kier molecular flexibility index (Phi) is 3.97. The normalized spacial score (nSPS) is 19.6. The van der Waals surface area contributed by atoms with Crippen molar-refractivity contribution in [3.63, 3.8) is 0 Å². The number of benzene rings is 1. The highest BCUT2D eigenvalue weighted by molar-refractivity contribution is 5.25. The number of hydrogen-bond donors (Lipinski definition) is 2. The summed E-state index contributed by atoms with van der Waals surface area (Å²) in [6.07, 6.45) is 2.55. The van der Waals surface area contributed by atoms with E-state index in [1.165, 1.54) is 24.0 Å². The second kappa shape index (κ2) is 5.46. The van der Waals surface area contributed by atoms with Gasteiger partial charge in [0.1, 0.15) is 0 Å². The van der Waals surface area contributed by atoms with E-state index in [1.54, 1.807) is 0 Å². The topological polar surface area (TPSA) is 24.1 Å². The number of piperidine rings is 1. The summed E-state index contributed by atoms with van der Waals surface area (Å²) in [5.41, 5.74) is 2.79. The van der Waals surface area contributed by atoms with Crippen LogP contribution in [0.25, 0.3) is 0 Å². The van der Waals surface area contributed by atoms with Gasteiger partial charge in [-0.25, -0.2) is 0 Å². The maximum Gasteiger partial charge on any atom is 0.0347 e. The summed E-state index contributed by atoms with van der Waals surface area (Å²) in [5, 5.41) is 6.92. The first-order valence-electron chi connectivity index (χ1n) is 6.26. The molecule has 1 aliphatic rings. The van der Waals surface area contributed by atoms with Crippen molar-refractivity contribution in [1.29, 1.82) is 0 Å². The van der Waals surface area contributed by atoms with Gasteiger partial charge in [0.2, 0.25) is 0 Å². The Balaban J connectivity index is 2.14. The smallest absolute Gasteiger partial charge is 0.0347 e. The van der Waals surface area contributed by atoms with Gasteiger partial charge in [-0.2, -0.15) is 0 Å². The molecule has 0 spiro atoms. The Labute approximate surface area is 98.4 Å². The molecule has 16 heavy (non-hydrogen) atoms. The lowest BCUT2D eigenvalue weighted by Crippen LogP contribution is -2.35. The van der Waals surface area contributed by atoms with Crippen LogP contribution in [0.15, 0.2) is 24.3 Å². The van der Waals surface area contributed by atoms with Gasteiger partial charge in [-0.05, 0) is 51.4 Å². The van der Waals surface area contributed by atoms with Crippen LogP contribution in [0.3, 0.4) is 0 Å². The Bertz CT molecular complexity index is 329. The molecule has 1 aromatic rings. The fourth-order valence-electron chi connectivity index (χ4n) is 2.72. The van der Waals surface area contributed by atoms with Gasteiger partial charge in [-0.3, -0.25) is 0 Å². The van der Waals surface area contributed by atoms with E-state index in [4.69, 9.17) is 0 Å². The van der Waals surface area contributed by atoms with Crippen molar-refractivity contribution in [1.82, 2.24) is 10.6 Å². The lowest BCUT2D eigenvalue weighted by Gasteiger charge is -2.31. The summed E-state index contributed by atoms with van der Waals surface area (Å²) in [7, 11) is 2.08. The lowest BCUT2D eigenvalue weighted by atomic mass is 9.85. The van der Waals surface area contributed by atoms with Crippen molar-refractivity contribution in [2.45, 2.75) is 25.8 Å². The van der Waals surface area contributed by atoms with Gasteiger partial charge >= 0.3 is 0 Å². The summed E-state index contributed by atoms with van der Waals surface area (Å²) < 4.78 is 0. The molecule has 2 nitrogen and oxygen atoms in total. The Morgan fingerprint density at radius 1 is 1.31 bits per heavy atom. The minimum absolute atomic E-state index is 0.516. The fourth-order valence-corrected chi connectivity index (χ4v) is 2.72. The molecule has 0 amide bonds. The molecule has 2 heteroatoms. The van der Waals surface area contributed by atoms with Gasteiger partial charge in [0, 0.05) is 6.04 Å². The van der Waals surface area contributed by atoms with E-state index in [9.17, 15) is 0 Å². The monoisotopic (exact) mass is 218 g/mol. The molecule has 1 heterocycles. The van der Waals surface area contributed by atoms with Crippen LogP contribution in [0.1, 0.15) is 30.0 Å². The molecule has 1 aliphatic heterocycles. The first-order valence-corrected chi connectivity index (χ1v) is 6.26. The van der Waals surface area contributed by atoms with Crippen molar-refractivity contribution < 1.29 is 0 Å². The Morgan fingerprint density at radius 2 is 2.06 bits per heavy atom. The molecular weight excluding hydrogens is 196 g/mol. The molecule has 1 fully saturated rings. The van der Waals surface area contributed by atoms with E-state index in [0.29, 0.717) is 6.04 Å². The summed E-state index contributed by atoms with van der Waals surface area (Å²) in [4.78, 5) is 0. The summed E-state index contributed by atoms with van der Waals surface area (Å²) in [5.74, 6) is 0.771. The highest BCUT2D eigenvalue weighted by Gasteiger charge is 2.23. The van der Waals surface area contributed by atoms with Crippen LogP contribution in [0.4, 0.5) is 0 Å². The van der Waals surface area contributed by atoms with Crippen LogP contribution in [0.2, 0.25) is 0 Å². The minimum atomic E-state index is 0.516. The average Bonchev–Trinajstić information content (AvgIpc) is 2.31. The van der Waals surface area contributed by atoms with Crippen molar-refractivity contribution in [2.24, 2.45) is 5.92 Å². The minimum Gasteiger partial charge on any atom is -0.317 e. The van der Waals surface area contributed by atoms with Crippen LogP contribution in [0.5, 0.6) is 0 Å². The Morgan fingerprint density at radius 3 is 2.69 bits per heavy atom. The van der Waals surface area contributed by atoms with Crippen molar-refractivity contribution in [3.8, 4) is 0 Å². The van der Waals surface area contributed by atoms with Crippen LogP contribution in [0, 0.1) is 12.8 Å². The van der Waals surface area contributed by atoms with Gasteiger partial charge < -0.3 is 10.6 Å². The molecular formula is C14H22N2. The van der Waals surface area contributed by atoms with E-state index in [0.717, 1.165) is 19.0 Å². The number of rotatable bonds is 3. The van der Waals surface area contributed by atoms with Crippen molar-refractivity contribution in [3.05, 3.63) is 35.4 Å². The quantitative estimate of drug-likeness (QED) is 0.813. The highest BCUT2D eigenvalue weighted by Crippen LogP contribution is 2.28. The zero-order chi connectivity index (χ0) is 11.4. The summed E-state index contributed by atoms with van der Waals surface area (Å²) in [6.45, 7) is 4.49. The first-order chi connectivity index (χ1) is 7.81. The van der Waals surface area contributed by atoms with Gasteiger partial charge in [0.05, 0.1) is 0 Å². The highest BCUT2D eigenvalue weighted by atomic mass is 14.9. The van der Waals surface area contributed by atoms with Gasteiger partial charge in [0.25, 0.3) is 0 Å². The third kappa shape index (κ3) is 2.63. The lowest BCUT2D eigenvalue weighted by molar-refractivity contribution is 0.294. The molecule has 0 saturated carbocycles. The molecule has 0 aromatic heterocycles. The van der Waals surface area contributed by atoms with E-state index in [1.807, 2.05) is 0 Å². The second-order valence-electron chi connectivity index (χ2n) is 4.77. The zero-order valence-corrected chi connectivity index (χ0v) is 10.3. The summed E-state index contributed by atoms with van der Waals surface area (Å²) in [6, 6.07) is 9.40. The average molecular weight is 218 g/mol. The molecule has 0 radical (unpaired) electrons.